The molecular weight excluding hydrogens is 251 g/mol. The van der Waals surface area contributed by atoms with Gasteiger partial charge in [-0.3, -0.25) is 0 Å². The Balaban J connectivity index is 2.67. The first-order chi connectivity index (χ1) is 6.77. The summed E-state index contributed by atoms with van der Waals surface area (Å²) in [4.78, 5) is 0.392. The molecule has 14 heavy (non-hydrogen) atoms. The Bertz CT molecular complexity index is 629. The van der Waals surface area contributed by atoms with Crippen molar-refractivity contribution in [1.29, 1.82) is 0 Å². The second-order valence-corrected chi connectivity index (χ2v) is 4.06. The number of benzene rings is 1. The first-order valence-corrected chi connectivity index (χ1v) is 5.42. The van der Waals surface area contributed by atoms with E-state index in [1.807, 2.05) is 6.92 Å². The maximum absolute atomic E-state index is 11.2. The van der Waals surface area contributed by atoms with Crippen molar-refractivity contribution in [3.63, 3.8) is 0 Å². The van der Waals surface area contributed by atoms with Crippen molar-refractivity contribution in [2.24, 2.45) is 0 Å². The summed E-state index contributed by atoms with van der Waals surface area (Å²) in [5.74, 6) is 0. The van der Waals surface area contributed by atoms with Crippen LogP contribution in [0.1, 0.15) is 5.56 Å². The van der Waals surface area contributed by atoms with E-state index in [1.165, 1.54) is 0 Å². The van der Waals surface area contributed by atoms with Gasteiger partial charge in [-0.2, -0.15) is 0 Å². The number of rotatable bonds is 0. The van der Waals surface area contributed by atoms with Gasteiger partial charge in [0.15, 0.2) is 0 Å². The van der Waals surface area contributed by atoms with E-state index in [4.69, 9.17) is 0 Å². The fourth-order valence-electron chi connectivity index (χ4n) is 1.42. The van der Waals surface area contributed by atoms with E-state index >= 15 is 0 Å². The number of hydrogen-bond acceptors (Lipinski definition) is 5. The molecule has 0 amide bonds. The quantitative estimate of drug-likeness (QED) is 0.409. The molecule has 0 aliphatic heterocycles. The predicted molar refractivity (Wildman–Crippen MR) is 47.7 cm³/mol. The van der Waals surface area contributed by atoms with Crippen LogP contribution < -0.4 is 4.90 Å². The molecule has 0 spiro atoms. The van der Waals surface area contributed by atoms with Gasteiger partial charge in [-0.25, -0.2) is 0 Å². The summed E-state index contributed by atoms with van der Waals surface area (Å²) in [5, 5.41) is 14.8. The van der Waals surface area contributed by atoms with Crippen molar-refractivity contribution in [2.45, 2.75) is 6.92 Å². The second-order valence-electron chi connectivity index (χ2n) is 2.95. The Morgan fingerprint density at radius 2 is 2.14 bits per heavy atom. The van der Waals surface area contributed by atoms with Crippen molar-refractivity contribution in [1.82, 2.24) is 13.1 Å². The number of fused-ring (bicyclic) bond motifs is 3. The van der Waals surface area contributed by atoms with Crippen LogP contribution in [-0.4, -0.2) is 28.1 Å². The van der Waals surface area contributed by atoms with Crippen LogP contribution in [0.2, 0.25) is 0 Å². The van der Waals surface area contributed by atoms with Crippen molar-refractivity contribution >= 4 is 37.0 Å². The molecule has 3 aromatic rings. The van der Waals surface area contributed by atoms with Gasteiger partial charge >= 0.3 is 83.4 Å². The van der Waals surface area contributed by atoms with Gasteiger partial charge in [0, 0.05) is 0 Å². The van der Waals surface area contributed by atoms with Crippen LogP contribution in [0.25, 0.3) is 22.1 Å². The summed E-state index contributed by atoms with van der Waals surface area (Å²) in [6.45, 7) is 1.89. The fourth-order valence-corrected chi connectivity index (χ4v) is 2.69. The Kier molecular flexibility index (Phi) is 1.42. The molecule has 0 N–H and O–H groups in total. The third-order valence-electron chi connectivity index (χ3n) is 2.09. The normalized spacial score (nSPS) is 11.5. The fraction of sp³-hybridized carbons (Fsp3) is 0.143. The van der Waals surface area contributed by atoms with Crippen LogP contribution >= 0.6 is 0 Å². The van der Waals surface area contributed by atoms with E-state index in [0.29, 0.717) is 21.5 Å². The van der Waals surface area contributed by atoms with Gasteiger partial charge in [-0.05, 0) is 0 Å². The molecule has 2 heterocycles. The molecule has 0 saturated heterocycles. The third-order valence-corrected chi connectivity index (χ3v) is 3.19. The van der Waals surface area contributed by atoms with E-state index in [9.17, 15) is 5.21 Å². The molecule has 0 radical (unpaired) electrons. The zero-order valence-corrected chi connectivity index (χ0v) is 8.80. The average molecular weight is 255 g/mol. The summed E-state index contributed by atoms with van der Waals surface area (Å²) in [7, 11) is 0. The van der Waals surface area contributed by atoms with E-state index in [0.717, 1.165) is 11.1 Å². The summed E-state index contributed by atoms with van der Waals surface area (Å²) in [6, 6.07) is 1.72. The molecule has 0 fully saturated rings. The number of aryl methyl sites for hydroxylation is 1. The maximum atomic E-state index is 11.2. The molecule has 0 bridgehead atoms. The van der Waals surface area contributed by atoms with Crippen molar-refractivity contribution in [3.05, 3.63) is 16.8 Å². The molecule has 0 aliphatic rings. The number of nitrogens with zero attached hydrogens (tertiary/aromatic N) is 4. The minimum atomic E-state index is -0.117. The number of aromatic nitrogens is 4. The summed E-state index contributed by atoms with van der Waals surface area (Å²) in [6.07, 6.45) is 0. The molecule has 3 rings (SSSR count). The van der Waals surface area contributed by atoms with E-state index in [-0.39, 0.29) is 15.0 Å². The molecule has 0 saturated carbocycles. The van der Waals surface area contributed by atoms with Crippen molar-refractivity contribution < 1.29 is 9.53 Å². The van der Waals surface area contributed by atoms with Gasteiger partial charge in [0.2, 0.25) is 0 Å². The number of hydrogen-bond donors (Lipinski definition) is 0. The second kappa shape index (κ2) is 2.52. The molecule has 6 nitrogen and oxygen atoms in total. The van der Waals surface area contributed by atoms with Crippen LogP contribution in [0.15, 0.2) is 10.7 Å². The molecule has 2 aromatic heterocycles. The van der Waals surface area contributed by atoms with Crippen LogP contribution in [0, 0.1) is 12.1 Å². The van der Waals surface area contributed by atoms with Crippen LogP contribution in [-0.2, 0) is 0 Å². The van der Waals surface area contributed by atoms with Crippen LogP contribution in [0.3, 0.4) is 0 Å². The average Bonchev–Trinajstić information content (AvgIpc) is 2.74. The molecule has 70 valence electrons. The van der Waals surface area contributed by atoms with E-state index in [1.54, 1.807) is 6.07 Å². The Morgan fingerprint density at radius 1 is 1.36 bits per heavy atom. The van der Waals surface area contributed by atoms with Gasteiger partial charge < -0.3 is 0 Å². The molecule has 0 atom stereocenters. The van der Waals surface area contributed by atoms with Gasteiger partial charge in [0.1, 0.15) is 0 Å². The standard InChI is InChI=1S/C7H4N4O2Se/c1-3-2-4-6(8-13-11(4)12)7-5(3)9-14-10-7/h2H,1H3. The molecule has 0 unspecified atom stereocenters. The van der Waals surface area contributed by atoms with Gasteiger partial charge in [0.25, 0.3) is 0 Å². The monoisotopic (exact) mass is 256 g/mol. The Morgan fingerprint density at radius 3 is 3.00 bits per heavy atom. The minimum absolute atomic E-state index is 0.117. The SMILES string of the molecule is Cc1cc2c(no[n+]2[O-])c2n[se]nc12. The predicted octanol–water partition coefficient (Wildman–Crippen LogP) is -0.230. The first kappa shape index (κ1) is 7.90. The van der Waals surface area contributed by atoms with E-state index < -0.39 is 0 Å². The molecule has 0 aliphatic carbocycles. The van der Waals surface area contributed by atoms with Crippen molar-refractivity contribution in [2.75, 3.05) is 0 Å². The zero-order chi connectivity index (χ0) is 9.71. The summed E-state index contributed by atoms with van der Waals surface area (Å²) in [5.41, 5.74) is 3.38. The van der Waals surface area contributed by atoms with E-state index in [2.05, 4.69) is 17.7 Å². The Labute approximate surface area is 83.9 Å². The van der Waals surface area contributed by atoms with Gasteiger partial charge in [-0.15, -0.1) is 0 Å². The van der Waals surface area contributed by atoms with Crippen molar-refractivity contribution in [3.8, 4) is 0 Å². The summed E-state index contributed by atoms with van der Waals surface area (Å²) < 4.78 is 13.0. The first-order valence-electron chi connectivity index (χ1n) is 3.88. The third kappa shape index (κ3) is 0.853. The molecule has 7 heteroatoms. The molecule has 1 aromatic carbocycles. The zero-order valence-electron chi connectivity index (χ0n) is 7.09. The molecular formula is C7H4N4O2Se. The summed E-state index contributed by atoms with van der Waals surface area (Å²) >= 11 is -0.117. The van der Waals surface area contributed by atoms with Crippen LogP contribution in [0.5, 0.6) is 0 Å². The Hall–Kier alpha value is -1.46. The van der Waals surface area contributed by atoms with Gasteiger partial charge in [0.05, 0.1) is 0 Å². The topological polar surface area (TPSA) is 78.8 Å². The van der Waals surface area contributed by atoms with Gasteiger partial charge in [-0.1, -0.05) is 0 Å². The van der Waals surface area contributed by atoms with Crippen LogP contribution in [0.4, 0.5) is 0 Å².